The molecule has 0 aliphatic heterocycles. The van der Waals surface area contributed by atoms with E-state index < -0.39 is 40.9 Å². The highest BCUT2D eigenvalue weighted by Gasteiger charge is 2.26. The minimum atomic E-state index is -2.08. The third-order valence-corrected chi connectivity index (χ3v) is 2.05. The molecule has 0 bridgehead atoms. The molecule has 1 aromatic rings. The van der Waals surface area contributed by atoms with E-state index in [4.69, 9.17) is 15.5 Å². The highest BCUT2D eigenvalue weighted by atomic mass is 19.1. The van der Waals surface area contributed by atoms with Crippen molar-refractivity contribution in [3.63, 3.8) is 0 Å². The Kier molecular flexibility index (Phi) is 3.73. The average Bonchev–Trinajstić information content (AvgIpc) is 2.26. The van der Waals surface area contributed by atoms with Crippen LogP contribution in [-0.4, -0.2) is 27.4 Å². The second kappa shape index (κ2) is 4.86. The molecule has 1 aromatic carbocycles. The number of hydrogen-bond donors (Lipinski definition) is 3. The van der Waals surface area contributed by atoms with Crippen LogP contribution in [0.15, 0.2) is 12.1 Å². The quantitative estimate of drug-likeness (QED) is 0.674. The van der Waals surface area contributed by atoms with Gasteiger partial charge in [-0.1, -0.05) is 0 Å². The van der Waals surface area contributed by atoms with Gasteiger partial charge in [0.2, 0.25) is 0 Å². The van der Waals surface area contributed by atoms with Gasteiger partial charge in [-0.05, 0) is 12.1 Å². The van der Waals surface area contributed by atoms with Crippen LogP contribution < -0.4 is 0 Å². The van der Waals surface area contributed by atoms with Crippen LogP contribution in [0.1, 0.15) is 22.0 Å². The van der Waals surface area contributed by atoms with Crippen molar-refractivity contribution in [2.24, 2.45) is 0 Å². The molecule has 0 fully saturated rings. The number of nitriles is 1. The molecule has 5 nitrogen and oxygen atoms in total. The molecule has 17 heavy (non-hydrogen) atoms. The first-order chi connectivity index (χ1) is 7.88. The Morgan fingerprint density at radius 3 is 2.12 bits per heavy atom. The number of hydrogen-bond acceptors (Lipinski definition) is 4. The number of nitrogens with zero attached hydrogens (tertiary/aromatic N) is 1. The summed E-state index contributed by atoms with van der Waals surface area (Å²) in [6.07, 6.45) is -4.09. The van der Waals surface area contributed by atoms with E-state index in [-0.39, 0.29) is 0 Å². The zero-order valence-corrected chi connectivity index (χ0v) is 8.26. The van der Waals surface area contributed by atoms with Gasteiger partial charge in [-0.25, -0.2) is 13.6 Å². The van der Waals surface area contributed by atoms with Gasteiger partial charge >= 0.3 is 5.97 Å². The van der Waals surface area contributed by atoms with Gasteiger partial charge in [0.1, 0.15) is 17.7 Å². The third kappa shape index (κ3) is 2.55. The second-order valence-electron chi connectivity index (χ2n) is 3.18. The predicted octanol–water partition coefficient (Wildman–Crippen LogP) is 0.581. The Morgan fingerprint density at radius 1 is 1.29 bits per heavy atom. The van der Waals surface area contributed by atoms with Crippen LogP contribution in [0.3, 0.4) is 0 Å². The topological polar surface area (TPSA) is 102 Å². The first-order valence-corrected chi connectivity index (χ1v) is 4.36. The van der Waals surface area contributed by atoms with Crippen LogP contribution in [0.2, 0.25) is 0 Å². The van der Waals surface area contributed by atoms with Crippen LogP contribution in [0, 0.1) is 23.0 Å². The fraction of sp³-hybridized carbons (Fsp3) is 0.200. The molecule has 0 spiro atoms. The molecule has 1 rings (SSSR count). The number of aliphatic hydroxyl groups excluding tert-OH is 2. The molecule has 0 aliphatic carbocycles. The molecule has 90 valence electrons. The molecule has 0 aromatic heterocycles. The van der Waals surface area contributed by atoms with Crippen molar-refractivity contribution >= 4 is 5.97 Å². The van der Waals surface area contributed by atoms with Crippen molar-refractivity contribution in [2.45, 2.75) is 12.2 Å². The van der Waals surface area contributed by atoms with Gasteiger partial charge in [0.25, 0.3) is 0 Å². The molecule has 0 radical (unpaired) electrons. The largest absolute Gasteiger partial charge is 0.478 e. The summed E-state index contributed by atoms with van der Waals surface area (Å²) >= 11 is 0. The lowest BCUT2D eigenvalue weighted by Crippen LogP contribution is -2.19. The molecule has 0 heterocycles. The van der Waals surface area contributed by atoms with E-state index in [9.17, 15) is 18.7 Å². The molecule has 0 amide bonds. The lowest BCUT2D eigenvalue weighted by molar-refractivity contribution is 0.0475. The zero-order valence-electron chi connectivity index (χ0n) is 8.26. The maximum atomic E-state index is 13.3. The number of aromatic carboxylic acids is 1. The molecule has 3 N–H and O–H groups in total. The van der Waals surface area contributed by atoms with E-state index >= 15 is 0 Å². The lowest BCUT2D eigenvalue weighted by atomic mass is 10.0. The number of carboxylic acids is 1. The van der Waals surface area contributed by atoms with E-state index in [2.05, 4.69) is 0 Å². The highest BCUT2D eigenvalue weighted by molar-refractivity contribution is 5.87. The van der Waals surface area contributed by atoms with Crippen LogP contribution in [0.5, 0.6) is 0 Å². The molecular formula is C10H7F2NO4. The van der Waals surface area contributed by atoms with Crippen LogP contribution in [0.25, 0.3) is 0 Å². The van der Waals surface area contributed by atoms with Crippen molar-refractivity contribution in [1.82, 2.24) is 0 Å². The Bertz CT molecular complexity index is 475. The molecule has 7 heteroatoms. The predicted molar refractivity (Wildman–Crippen MR) is 49.9 cm³/mol. The summed E-state index contributed by atoms with van der Waals surface area (Å²) in [4.78, 5) is 10.5. The van der Waals surface area contributed by atoms with Gasteiger partial charge in [-0.15, -0.1) is 0 Å². The summed E-state index contributed by atoms with van der Waals surface area (Å²) in [5.74, 6) is -4.22. The molecule has 2 atom stereocenters. The van der Waals surface area contributed by atoms with Gasteiger partial charge < -0.3 is 15.3 Å². The van der Waals surface area contributed by atoms with Gasteiger partial charge in [-0.3, -0.25) is 0 Å². The highest BCUT2D eigenvalue weighted by Crippen LogP contribution is 2.24. The number of rotatable bonds is 3. The number of aliphatic hydroxyl groups is 2. The number of benzene rings is 1. The molecule has 0 saturated carbocycles. The van der Waals surface area contributed by atoms with Crippen molar-refractivity contribution in [1.29, 1.82) is 5.26 Å². The minimum absolute atomic E-state index is 0.494. The second-order valence-corrected chi connectivity index (χ2v) is 3.18. The summed E-state index contributed by atoms with van der Waals surface area (Å²) in [5, 5.41) is 35.0. The number of halogens is 2. The van der Waals surface area contributed by atoms with E-state index in [0.717, 1.165) is 0 Å². The molecule has 2 unspecified atom stereocenters. The molecule has 0 saturated heterocycles. The van der Waals surface area contributed by atoms with Crippen molar-refractivity contribution in [2.75, 3.05) is 0 Å². The van der Waals surface area contributed by atoms with Gasteiger partial charge in [0.15, 0.2) is 6.10 Å². The first-order valence-electron chi connectivity index (χ1n) is 4.36. The first kappa shape index (κ1) is 13.0. The fourth-order valence-electron chi connectivity index (χ4n) is 1.22. The minimum Gasteiger partial charge on any atom is -0.478 e. The summed E-state index contributed by atoms with van der Waals surface area (Å²) in [6.45, 7) is 0. The van der Waals surface area contributed by atoms with E-state index in [1.165, 1.54) is 6.07 Å². The zero-order chi connectivity index (χ0) is 13.2. The monoisotopic (exact) mass is 243 g/mol. The van der Waals surface area contributed by atoms with E-state index in [0.29, 0.717) is 12.1 Å². The van der Waals surface area contributed by atoms with Gasteiger partial charge in [0.05, 0.1) is 17.2 Å². The summed E-state index contributed by atoms with van der Waals surface area (Å²) < 4.78 is 26.7. The molecular weight excluding hydrogens is 236 g/mol. The Hall–Kier alpha value is -2.04. The fourth-order valence-corrected chi connectivity index (χ4v) is 1.22. The van der Waals surface area contributed by atoms with E-state index in [1.54, 1.807) is 0 Å². The Balaban J connectivity index is 3.28. The van der Waals surface area contributed by atoms with Crippen LogP contribution >= 0.6 is 0 Å². The van der Waals surface area contributed by atoms with Crippen LogP contribution in [0.4, 0.5) is 8.78 Å². The smallest absolute Gasteiger partial charge is 0.335 e. The summed E-state index contributed by atoms with van der Waals surface area (Å²) in [5.41, 5.74) is -1.58. The summed E-state index contributed by atoms with van der Waals surface area (Å²) in [6, 6.07) is 2.20. The normalized spacial score (nSPS) is 13.8. The Morgan fingerprint density at radius 2 is 1.76 bits per heavy atom. The lowest BCUT2D eigenvalue weighted by Gasteiger charge is -2.14. The SMILES string of the molecule is N#CC(O)C(O)c1c(F)cc(C(=O)O)cc1F. The Labute approximate surface area is 94.2 Å². The van der Waals surface area contributed by atoms with Crippen molar-refractivity contribution in [3.8, 4) is 6.07 Å². The number of carboxylic acid groups (broad SMARTS) is 1. The maximum Gasteiger partial charge on any atom is 0.335 e. The van der Waals surface area contributed by atoms with Crippen molar-refractivity contribution < 1.29 is 28.9 Å². The van der Waals surface area contributed by atoms with Crippen molar-refractivity contribution in [3.05, 3.63) is 34.9 Å². The number of carbonyl (C=O) groups is 1. The summed E-state index contributed by atoms with van der Waals surface area (Å²) in [7, 11) is 0. The average molecular weight is 243 g/mol. The standard InChI is InChI=1S/C10H7F2NO4/c11-5-1-4(10(16)17)2-6(12)8(5)9(15)7(14)3-13/h1-2,7,9,14-15H,(H,16,17). The van der Waals surface area contributed by atoms with Gasteiger partial charge in [-0.2, -0.15) is 5.26 Å². The van der Waals surface area contributed by atoms with E-state index in [1.807, 2.05) is 0 Å². The van der Waals surface area contributed by atoms with Gasteiger partial charge in [0, 0.05) is 0 Å². The maximum absolute atomic E-state index is 13.3. The third-order valence-electron chi connectivity index (χ3n) is 2.05. The van der Waals surface area contributed by atoms with Crippen LogP contribution in [-0.2, 0) is 0 Å². The molecule has 0 aliphatic rings.